The van der Waals surface area contributed by atoms with E-state index in [1.54, 1.807) is 0 Å². The number of nitrogens with zero attached hydrogens (tertiary/aromatic N) is 4. The van der Waals surface area contributed by atoms with Crippen molar-refractivity contribution in [2.45, 2.75) is 73.0 Å². The van der Waals surface area contributed by atoms with Gasteiger partial charge >= 0.3 is 5.97 Å². The van der Waals surface area contributed by atoms with E-state index in [0.717, 1.165) is 54.1 Å². The lowest BCUT2D eigenvalue weighted by molar-refractivity contribution is -0.160. The van der Waals surface area contributed by atoms with Crippen LogP contribution >= 0.6 is 11.6 Å². The molecule has 0 unspecified atom stereocenters. The van der Waals surface area contributed by atoms with Crippen LogP contribution in [0.25, 0.3) is 11.3 Å². The molecule has 1 saturated heterocycles. The first-order chi connectivity index (χ1) is 20.2. The van der Waals surface area contributed by atoms with Crippen molar-refractivity contribution in [3.63, 3.8) is 0 Å². The van der Waals surface area contributed by atoms with E-state index in [9.17, 15) is 9.90 Å². The molecule has 1 aliphatic heterocycles. The number of ether oxygens (including phenoxy) is 2. The number of carbonyl (C=O) groups is 1. The highest BCUT2D eigenvalue weighted by Crippen LogP contribution is 2.43. The largest absolute Gasteiger partial charge is 0.490 e. The molecule has 1 fully saturated rings. The molecule has 232 valence electrons. The number of carboxylic acid groups (broad SMARTS) is 1. The molecule has 0 bridgehead atoms. The van der Waals surface area contributed by atoms with Gasteiger partial charge in [-0.2, -0.15) is 0 Å². The smallest absolute Gasteiger partial charge is 0.337 e. The van der Waals surface area contributed by atoms with Crippen LogP contribution in [0.4, 0.5) is 11.4 Å². The number of aryl methyl sites for hydroxylation is 2. The summed E-state index contributed by atoms with van der Waals surface area (Å²) in [7, 11) is 1.99. The van der Waals surface area contributed by atoms with Crippen LogP contribution in [0.1, 0.15) is 70.4 Å². The Morgan fingerprint density at radius 3 is 2.40 bits per heavy atom. The number of rotatable bonds is 10. The van der Waals surface area contributed by atoms with Crippen LogP contribution in [0.2, 0.25) is 5.02 Å². The molecular weight excluding hydrogens is 564 g/mol. The monoisotopic (exact) mass is 608 g/mol. The van der Waals surface area contributed by atoms with Crippen molar-refractivity contribution in [3.8, 4) is 17.0 Å². The van der Waals surface area contributed by atoms with E-state index >= 15 is 0 Å². The zero-order valence-corrected chi connectivity index (χ0v) is 27.5. The molecule has 1 aromatic carbocycles. The summed E-state index contributed by atoms with van der Waals surface area (Å²) < 4.78 is 12.1. The maximum atomic E-state index is 12.6. The molecule has 0 aliphatic carbocycles. The molecule has 0 saturated carbocycles. The number of piperidine rings is 1. The number of aliphatic carboxylic acids is 1. The van der Waals surface area contributed by atoms with Gasteiger partial charge in [0, 0.05) is 43.2 Å². The predicted molar refractivity (Wildman–Crippen MR) is 174 cm³/mol. The summed E-state index contributed by atoms with van der Waals surface area (Å²) in [5.74, 6) is -0.327. The number of para-hydroxylation sites is 1. The quantitative estimate of drug-likeness (QED) is 0.253. The third-order valence-electron chi connectivity index (χ3n) is 7.98. The topological polar surface area (TPSA) is 88.0 Å². The molecule has 2 aromatic heterocycles. The van der Waals surface area contributed by atoms with Gasteiger partial charge in [-0.05, 0) is 76.6 Å². The van der Waals surface area contributed by atoms with Crippen molar-refractivity contribution < 1.29 is 19.4 Å². The molecule has 9 heteroatoms. The molecule has 1 atom stereocenters. The zero-order chi connectivity index (χ0) is 31.5. The van der Waals surface area contributed by atoms with Gasteiger partial charge in [0.2, 0.25) is 0 Å². The van der Waals surface area contributed by atoms with Crippen LogP contribution in [-0.2, 0) is 9.53 Å². The minimum Gasteiger partial charge on any atom is -0.490 e. The van der Waals surface area contributed by atoms with Crippen molar-refractivity contribution in [3.05, 3.63) is 64.6 Å². The second kappa shape index (κ2) is 13.1. The molecule has 1 aliphatic rings. The highest BCUT2D eigenvalue weighted by Gasteiger charge is 2.36. The summed E-state index contributed by atoms with van der Waals surface area (Å²) in [5.41, 5.74) is 5.11. The fourth-order valence-corrected chi connectivity index (χ4v) is 5.63. The summed E-state index contributed by atoms with van der Waals surface area (Å²) in [6.07, 6.45) is 4.48. The summed E-state index contributed by atoms with van der Waals surface area (Å²) in [5, 5.41) is 10.9. The molecule has 3 aromatic rings. The van der Waals surface area contributed by atoms with Gasteiger partial charge in [0.05, 0.1) is 40.4 Å². The Bertz CT molecular complexity index is 1410. The average Bonchev–Trinajstić information content (AvgIpc) is 2.93. The number of anilines is 2. The lowest BCUT2D eigenvalue weighted by Gasteiger charge is -2.40. The summed E-state index contributed by atoms with van der Waals surface area (Å²) in [6.45, 7) is 16.7. The van der Waals surface area contributed by atoms with Gasteiger partial charge in [0.25, 0.3) is 0 Å². The van der Waals surface area contributed by atoms with Crippen molar-refractivity contribution in [1.29, 1.82) is 0 Å². The fraction of sp³-hybridized carbons (Fsp3) is 0.500. The predicted octanol–water partition coefficient (Wildman–Crippen LogP) is 7.50. The highest BCUT2D eigenvalue weighted by molar-refractivity contribution is 6.32. The molecular formula is C34H45ClN4O4. The number of benzene rings is 1. The maximum absolute atomic E-state index is 12.6. The molecule has 0 radical (unpaired) electrons. The van der Waals surface area contributed by atoms with Gasteiger partial charge in [0.15, 0.2) is 6.10 Å². The molecule has 8 nitrogen and oxygen atoms in total. The van der Waals surface area contributed by atoms with Gasteiger partial charge in [-0.3, -0.25) is 9.97 Å². The Morgan fingerprint density at radius 2 is 1.81 bits per heavy atom. The van der Waals surface area contributed by atoms with E-state index in [1.807, 2.05) is 84.4 Å². The van der Waals surface area contributed by atoms with Crippen LogP contribution < -0.4 is 14.5 Å². The minimum atomic E-state index is -1.16. The number of hydrogen-bond acceptors (Lipinski definition) is 7. The lowest BCUT2D eigenvalue weighted by atomic mass is 9.82. The SMILES string of the molecule is Cc1cccc(Cl)c1OCCN(C)c1ccc(-c2cnc(C)c([C@H](OC(C)(C)C)C(=O)O)c2N2CCC(C)(C)CC2)nc1. The second-order valence-corrected chi connectivity index (χ2v) is 13.6. The van der Waals surface area contributed by atoms with Crippen molar-refractivity contribution in [2.24, 2.45) is 5.41 Å². The fourth-order valence-electron chi connectivity index (χ4n) is 5.36. The van der Waals surface area contributed by atoms with Gasteiger partial charge in [0.1, 0.15) is 12.4 Å². The van der Waals surface area contributed by atoms with Gasteiger partial charge in [-0.1, -0.05) is 37.6 Å². The normalized spacial score (nSPS) is 15.7. The number of carboxylic acids is 1. The van der Waals surface area contributed by atoms with Gasteiger partial charge < -0.3 is 24.4 Å². The van der Waals surface area contributed by atoms with Crippen LogP contribution in [0, 0.1) is 19.3 Å². The average molecular weight is 609 g/mol. The summed E-state index contributed by atoms with van der Waals surface area (Å²) in [4.78, 5) is 26.5. The standard InChI is InChI=1S/C34H45ClN4O4/c1-22-10-9-11-26(35)30(22)42-19-18-38(8)24-12-13-27(37-20-24)25-21-36-23(2)28(31(32(40)41)43-33(3,4)5)29(25)39-16-14-34(6,7)15-17-39/h9-13,20-21,31H,14-19H2,1-8H3,(H,40,41)/t31-/m0/s1. The van der Waals surface area contributed by atoms with E-state index in [1.165, 1.54) is 0 Å². The summed E-state index contributed by atoms with van der Waals surface area (Å²) in [6, 6.07) is 9.71. The Kier molecular flexibility index (Phi) is 9.92. The van der Waals surface area contributed by atoms with E-state index < -0.39 is 17.7 Å². The zero-order valence-electron chi connectivity index (χ0n) is 26.7. The summed E-state index contributed by atoms with van der Waals surface area (Å²) >= 11 is 6.31. The Labute approximate surface area is 261 Å². The Morgan fingerprint density at radius 1 is 1.12 bits per heavy atom. The molecule has 0 amide bonds. The molecule has 3 heterocycles. The van der Waals surface area contributed by atoms with Crippen LogP contribution in [0.15, 0.2) is 42.7 Å². The van der Waals surface area contributed by atoms with Gasteiger partial charge in [-0.15, -0.1) is 0 Å². The van der Waals surface area contributed by atoms with E-state index in [-0.39, 0.29) is 5.41 Å². The van der Waals surface area contributed by atoms with E-state index in [4.69, 9.17) is 26.1 Å². The third kappa shape index (κ3) is 7.98. The van der Waals surface area contributed by atoms with Crippen LogP contribution in [0.5, 0.6) is 5.75 Å². The Hall–Kier alpha value is -3.36. The minimum absolute atomic E-state index is 0.228. The molecule has 0 spiro atoms. The van der Waals surface area contributed by atoms with Gasteiger partial charge in [-0.25, -0.2) is 4.79 Å². The van der Waals surface area contributed by atoms with E-state index in [0.29, 0.717) is 35.2 Å². The maximum Gasteiger partial charge on any atom is 0.337 e. The number of likely N-dealkylation sites (N-methyl/N-ethyl adjacent to an activating group) is 1. The second-order valence-electron chi connectivity index (χ2n) is 13.2. The van der Waals surface area contributed by atoms with Crippen molar-refractivity contribution in [2.75, 3.05) is 43.1 Å². The van der Waals surface area contributed by atoms with Crippen LogP contribution in [-0.4, -0.2) is 59.9 Å². The Balaban J connectivity index is 1.65. The van der Waals surface area contributed by atoms with E-state index in [2.05, 4.69) is 28.6 Å². The first kappa shape index (κ1) is 32.6. The number of pyridine rings is 2. The molecule has 4 rings (SSSR count). The first-order valence-electron chi connectivity index (χ1n) is 14.9. The van der Waals surface area contributed by atoms with Crippen LogP contribution in [0.3, 0.4) is 0 Å². The third-order valence-corrected chi connectivity index (χ3v) is 8.28. The first-order valence-corrected chi connectivity index (χ1v) is 15.3. The number of hydrogen-bond donors (Lipinski definition) is 1. The molecule has 1 N–H and O–H groups in total. The lowest BCUT2D eigenvalue weighted by Crippen LogP contribution is -2.39. The number of aromatic nitrogens is 2. The number of halogens is 1. The highest BCUT2D eigenvalue weighted by atomic mass is 35.5. The van der Waals surface area contributed by atoms with Crippen molar-refractivity contribution in [1.82, 2.24) is 9.97 Å². The van der Waals surface area contributed by atoms with Crippen molar-refractivity contribution >= 4 is 28.9 Å². The molecule has 43 heavy (non-hydrogen) atoms.